The molecule has 122 valence electrons. The van der Waals surface area contributed by atoms with E-state index in [0.29, 0.717) is 4.13 Å². The standard InChI is InChI=1S/C10H8F3NO6S2/c1-2-9(15)20-7-3-5-8(6-4-7)21(16,17)14-22(18,19)10(11,12)13/h2-6,14H,1H2. The van der Waals surface area contributed by atoms with Crippen LogP contribution in [0.25, 0.3) is 0 Å². The fourth-order valence-electron chi connectivity index (χ4n) is 1.08. The van der Waals surface area contributed by atoms with Crippen LogP contribution in [0, 0.1) is 0 Å². The Hall–Kier alpha value is -1.92. The molecule has 0 heterocycles. The van der Waals surface area contributed by atoms with Crippen molar-refractivity contribution in [2.24, 2.45) is 0 Å². The van der Waals surface area contributed by atoms with Crippen LogP contribution in [0.3, 0.4) is 0 Å². The van der Waals surface area contributed by atoms with Crippen LogP contribution in [0.5, 0.6) is 5.75 Å². The van der Waals surface area contributed by atoms with Crippen molar-refractivity contribution in [3.05, 3.63) is 36.9 Å². The summed E-state index contributed by atoms with van der Waals surface area (Å²) < 4.78 is 86.3. The molecule has 0 unspecified atom stereocenters. The molecule has 0 saturated carbocycles. The molecular weight excluding hydrogens is 351 g/mol. The van der Waals surface area contributed by atoms with Gasteiger partial charge in [-0.25, -0.2) is 21.6 Å². The van der Waals surface area contributed by atoms with Crippen LogP contribution in [-0.4, -0.2) is 28.3 Å². The quantitative estimate of drug-likeness (QED) is 0.476. The Morgan fingerprint density at radius 1 is 1.14 bits per heavy atom. The second-order valence-corrected chi connectivity index (χ2v) is 7.25. The number of rotatable bonds is 5. The van der Waals surface area contributed by atoms with Gasteiger partial charge in [0, 0.05) is 6.08 Å². The van der Waals surface area contributed by atoms with E-state index in [9.17, 15) is 34.8 Å². The summed E-state index contributed by atoms with van der Waals surface area (Å²) in [6.45, 7) is 3.12. The summed E-state index contributed by atoms with van der Waals surface area (Å²) in [7, 11) is -11.0. The van der Waals surface area contributed by atoms with E-state index in [1.165, 1.54) is 0 Å². The smallest absolute Gasteiger partial charge is 0.423 e. The fourth-order valence-corrected chi connectivity index (χ4v) is 3.50. The van der Waals surface area contributed by atoms with Crippen LogP contribution in [-0.2, 0) is 24.8 Å². The molecule has 0 atom stereocenters. The van der Waals surface area contributed by atoms with Gasteiger partial charge in [-0.05, 0) is 24.3 Å². The molecule has 7 nitrogen and oxygen atoms in total. The lowest BCUT2D eigenvalue weighted by Crippen LogP contribution is -2.40. The Labute approximate surface area is 123 Å². The topological polar surface area (TPSA) is 107 Å². The molecule has 0 aliphatic heterocycles. The van der Waals surface area contributed by atoms with Gasteiger partial charge in [0.05, 0.1) is 4.90 Å². The third-order valence-corrected chi connectivity index (χ3v) is 5.30. The molecular formula is C10H8F3NO6S2. The lowest BCUT2D eigenvalue weighted by atomic mass is 10.3. The Kier molecular flexibility index (Phi) is 4.99. The Balaban J connectivity index is 3.05. The van der Waals surface area contributed by atoms with E-state index in [0.717, 1.165) is 30.3 Å². The van der Waals surface area contributed by atoms with Gasteiger partial charge in [-0.2, -0.15) is 13.2 Å². The minimum absolute atomic E-state index is 0.109. The summed E-state index contributed by atoms with van der Waals surface area (Å²) in [6, 6.07) is 3.44. The van der Waals surface area contributed by atoms with Crippen LogP contribution < -0.4 is 8.86 Å². The molecule has 0 bridgehead atoms. The minimum atomic E-state index is -6.07. The van der Waals surface area contributed by atoms with Crippen molar-refractivity contribution < 1.29 is 39.5 Å². The summed E-state index contributed by atoms with van der Waals surface area (Å²) in [4.78, 5) is 10.1. The van der Waals surface area contributed by atoms with Crippen molar-refractivity contribution >= 4 is 26.0 Å². The molecule has 0 fully saturated rings. The van der Waals surface area contributed by atoms with E-state index in [4.69, 9.17) is 0 Å². The van der Waals surface area contributed by atoms with Gasteiger partial charge in [0.2, 0.25) is 0 Å². The molecule has 22 heavy (non-hydrogen) atoms. The van der Waals surface area contributed by atoms with Crippen molar-refractivity contribution in [2.75, 3.05) is 0 Å². The SMILES string of the molecule is C=CC(=O)Oc1ccc(S(=O)(=O)NS(=O)(=O)C(F)(F)F)cc1. The summed E-state index contributed by atoms with van der Waals surface area (Å²) in [6.07, 6.45) is 0.835. The van der Waals surface area contributed by atoms with Gasteiger partial charge >= 0.3 is 21.5 Å². The van der Waals surface area contributed by atoms with E-state index in [1.54, 1.807) is 0 Å². The number of ether oxygens (including phenoxy) is 1. The van der Waals surface area contributed by atoms with E-state index in [2.05, 4.69) is 11.3 Å². The van der Waals surface area contributed by atoms with Crippen LogP contribution >= 0.6 is 0 Å². The highest BCUT2D eigenvalue weighted by Crippen LogP contribution is 2.24. The van der Waals surface area contributed by atoms with Crippen molar-refractivity contribution in [3.8, 4) is 5.75 Å². The average Bonchev–Trinajstić information content (AvgIpc) is 2.36. The molecule has 1 aromatic rings. The highest BCUT2D eigenvalue weighted by molar-refractivity contribution is 8.05. The predicted octanol–water partition coefficient (Wildman–Crippen LogP) is 0.906. The zero-order valence-corrected chi connectivity index (χ0v) is 12.1. The lowest BCUT2D eigenvalue weighted by molar-refractivity contribution is -0.128. The maximum Gasteiger partial charge on any atom is 0.512 e. The minimum Gasteiger partial charge on any atom is -0.423 e. The van der Waals surface area contributed by atoms with Gasteiger partial charge in [-0.3, -0.25) is 0 Å². The fraction of sp³-hybridized carbons (Fsp3) is 0.100. The van der Waals surface area contributed by atoms with Crippen LogP contribution in [0.2, 0.25) is 0 Å². The molecule has 1 aromatic carbocycles. The van der Waals surface area contributed by atoms with Crippen molar-refractivity contribution in [1.29, 1.82) is 0 Å². The maximum absolute atomic E-state index is 12.1. The monoisotopic (exact) mass is 359 g/mol. The zero-order chi connectivity index (χ0) is 17.2. The number of esters is 1. The molecule has 0 amide bonds. The molecule has 0 aliphatic carbocycles. The number of carbonyl (C=O) groups is 1. The van der Waals surface area contributed by atoms with Gasteiger partial charge in [-0.15, -0.1) is 0 Å². The first-order chi connectivity index (χ1) is 9.89. The van der Waals surface area contributed by atoms with Gasteiger partial charge in [0.15, 0.2) is 0 Å². The highest BCUT2D eigenvalue weighted by Gasteiger charge is 2.48. The first-order valence-corrected chi connectivity index (χ1v) is 8.15. The molecule has 0 aliphatic rings. The molecule has 1 N–H and O–H groups in total. The first kappa shape index (κ1) is 18.1. The second-order valence-electron chi connectivity index (χ2n) is 3.63. The number of hydrogen-bond acceptors (Lipinski definition) is 6. The second kappa shape index (κ2) is 6.06. The molecule has 0 saturated heterocycles. The van der Waals surface area contributed by atoms with Crippen LogP contribution in [0.1, 0.15) is 0 Å². The van der Waals surface area contributed by atoms with Gasteiger partial charge in [0.1, 0.15) is 5.75 Å². The third kappa shape index (κ3) is 4.29. The Morgan fingerprint density at radius 2 is 1.64 bits per heavy atom. The van der Waals surface area contributed by atoms with Gasteiger partial charge < -0.3 is 4.74 Å². The molecule has 0 radical (unpaired) electrons. The number of alkyl halides is 3. The largest absolute Gasteiger partial charge is 0.512 e. The summed E-state index contributed by atoms with van der Waals surface area (Å²) in [5, 5.41) is 0. The lowest BCUT2D eigenvalue weighted by Gasteiger charge is -2.10. The molecule has 0 aromatic heterocycles. The van der Waals surface area contributed by atoms with Gasteiger partial charge in [0.25, 0.3) is 10.0 Å². The maximum atomic E-state index is 12.1. The summed E-state index contributed by atoms with van der Waals surface area (Å²) in [5.41, 5.74) is -5.78. The number of benzene rings is 1. The summed E-state index contributed by atoms with van der Waals surface area (Å²) in [5.74, 6) is -0.948. The zero-order valence-electron chi connectivity index (χ0n) is 10.5. The predicted molar refractivity (Wildman–Crippen MR) is 67.6 cm³/mol. The number of halogens is 3. The van der Waals surface area contributed by atoms with Crippen molar-refractivity contribution in [1.82, 2.24) is 4.13 Å². The van der Waals surface area contributed by atoms with Gasteiger partial charge in [-0.1, -0.05) is 10.7 Å². The van der Waals surface area contributed by atoms with Crippen molar-refractivity contribution in [3.63, 3.8) is 0 Å². The first-order valence-electron chi connectivity index (χ1n) is 5.18. The normalized spacial score (nSPS) is 12.7. The number of sulfonamides is 2. The molecule has 0 spiro atoms. The van der Waals surface area contributed by atoms with E-state index in [-0.39, 0.29) is 5.75 Å². The Morgan fingerprint density at radius 3 is 2.05 bits per heavy atom. The van der Waals surface area contributed by atoms with E-state index in [1.807, 2.05) is 0 Å². The molecule has 1 rings (SSSR count). The van der Waals surface area contributed by atoms with E-state index >= 15 is 0 Å². The molecule has 12 heteroatoms. The van der Waals surface area contributed by atoms with Crippen LogP contribution in [0.4, 0.5) is 13.2 Å². The van der Waals surface area contributed by atoms with Crippen molar-refractivity contribution in [2.45, 2.75) is 10.4 Å². The number of nitrogens with one attached hydrogen (secondary N) is 1. The average molecular weight is 359 g/mol. The number of hydrogen-bond donors (Lipinski definition) is 1. The third-order valence-electron chi connectivity index (χ3n) is 2.04. The highest BCUT2D eigenvalue weighted by atomic mass is 32.3. The number of carbonyl (C=O) groups excluding carboxylic acids is 1. The van der Waals surface area contributed by atoms with E-state index < -0.39 is 36.4 Å². The van der Waals surface area contributed by atoms with Crippen LogP contribution in [0.15, 0.2) is 41.8 Å². The summed E-state index contributed by atoms with van der Waals surface area (Å²) >= 11 is 0. The Bertz CT molecular complexity index is 781.